The number of nitrogens with one attached hydrogen (secondary N) is 2. The van der Waals surface area contributed by atoms with Crippen molar-refractivity contribution >= 4 is 34.3 Å². The van der Waals surface area contributed by atoms with Gasteiger partial charge in [0, 0.05) is 23.2 Å². The zero-order valence-electron chi connectivity index (χ0n) is 10.6. The molecule has 0 bridgehead atoms. The third-order valence-corrected chi connectivity index (χ3v) is 3.12. The molecule has 0 unspecified atom stereocenters. The number of nitriles is 1. The summed E-state index contributed by atoms with van der Waals surface area (Å²) in [5.41, 5.74) is 2.10. The number of nitrogens with zero attached hydrogens (tertiary/aromatic N) is 1. The van der Waals surface area contributed by atoms with E-state index in [1.165, 1.54) is 11.9 Å². The number of aromatic nitrogens is 1. The minimum atomic E-state index is -0.211. The molecular formula is C13H13N3O2S. The second-order valence-electron chi connectivity index (χ2n) is 3.89. The van der Waals surface area contributed by atoms with Crippen LogP contribution in [0.2, 0.25) is 0 Å². The van der Waals surface area contributed by atoms with Crippen LogP contribution in [0.5, 0.6) is 5.75 Å². The van der Waals surface area contributed by atoms with Crippen molar-refractivity contribution in [2.75, 3.05) is 18.1 Å². The van der Waals surface area contributed by atoms with Gasteiger partial charge in [-0.15, -0.1) is 0 Å². The van der Waals surface area contributed by atoms with Crippen molar-refractivity contribution < 1.29 is 9.53 Å². The first-order valence-corrected chi connectivity index (χ1v) is 6.82. The van der Waals surface area contributed by atoms with E-state index in [1.54, 1.807) is 13.2 Å². The zero-order valence-corrected chi connectivity index (χ0v) is 11.4. The number of Topliss-reactive ketones (excluding diaryl/α,β-unsaturated/α-hetero) is 1. The number of carbonyl (C=O) groups excluding carboxylic acids is 1. The van der Waals surface area contributed by atoms with E-state index >= 15 is 0 Å². The molecule has 1 aromatic heterocycles. The van der Waals surface area contributed by atoms with Crippen molar-refractivity contribution in [3.63, 3.8) is 0 Å². The first kappa shape index (κ1) is 13.3. The highest BCUT2D eigenvalue weighted by molar-refractivity contribution is 7.99. The standard InChI is InChI=1S/C13H13N3O2S/c1-18-13-7-9-8(6-11(13)16-19-2)5-10(15-9)12(17)3-4-14/h5-7,15-16H,3H2,1-2H3. The van der Waals surface area contributed by atoms with Crippen molar-refractivity contribution in [1.82, 2.24) is 4.98 Å². The van der Waals surface area contributed by atoms with Crippen LogP contribution in [-0.2, 0) is 0 Å². The highest BCUT2D eigenvalue weighted by Gasteiger charge is 2.12. The van der Waals surface area contributed by atoms with Crippen LogP contribution < -0.4 is 9.46 Å². The van der Waals surface area contributed by atoms with Gasteiger partial charge in [-0.3, -0.25) is 4.79 Å². The molecule has 2 aromatic rings. The average Bonchev–Trinajstić information content (AvgIpc) is 2.81. The van der Waals surface area contributed by atoms with Crippen molar-refractivity contribution in [3.05, 3.63) is 23.9 Å². The molecule has 0 saturated carbocycles. The largest absolute Gasteiger partial charge is 0.494 e. The van der Waals surface area contributed by atoms with Crippen LogP contribution >= 0.6 is 11.9 Å². The molecule has 5 nitrogen and oxygen atoms in total. The Bertz CT molecular complexity index is 658. The van der Waals surface area contributed by atoms with Gasteiger partial charge in [0.15, 0.2) is 5.78 Å². The molecule has 0 atom stereocenters. The summed E-state index contributed by atoms with van der Waals surface area (Å²) in [6.45, 7) is 0. The van der Waals surface area contributed by atoms with Crippen LogP contribution in [-0.4, -0.2) is 24.1 Å². The third kappa shape index (κ3) is 2.66. The van der Waals surface area contributed by atoms with E-state index in [4.69, 9.17) is 10.00 Å². The summed E-state index contributed by atoms with van der Waals surface area (Å²) in [6.07, 6.45) is 1.79. The predicted octanol–water partition coefficient (Wildman–Crippen LogP) is 2.96. The van der Waals surface area contributed by atoms with E-state index in [0.717, 1.165) is 16.6 Å². The second-order valence-corrected chi connectivity index (χ2v) is 4.50. The molecule has 2 N–H and O–H groups in total. The molecule has 0 aliphatic rings. The molecule has 0 spiro atoms. The molecular weight excluding hydrogens is 262 g/mol. The SMILES string of the molecule is COc1cc2[nH]c(C(=O)CC#N)cc2cc1NSC. The summed E-state index contributed by atoms with van der Waals surface area (Å²) in [5.74, 6) is 0.486. The fraction of sp³-hybridized carbons (Fsp3) is 0.231. The molecule has 1 aromatic carbocycles. The number of ether oxygens (including phenoxy) is 1. The quantitative estimate of drug-likeness (QED) is 0.648. The summed E-state index contributed by atoms with van der Waals surface area (Å²) in [7, 11) is 1.59. The average molecular weight is 275 g/mol. The van der Waals surface area contributed by atoms with Crippen LogP contribution in [0.25, 0.3) is 10.9 Å². The Kier molecular flexibility index (Phi) is 3.97. The molecule has 0 fully saturated rings. The third-order valence-electron chi connectivity index (χ3n) is 2.69. The second kappa shape index (κ2) is 5.67. The van der Waals surface area contributed by atoms with Gasteiger partial charge in [-0.1, -0.05) is 11.9 Å². The Morgan fingerprint density at radius 3 is 2.95 bits per heavy atom. The van der Waals surface area contributed by atoms with Gasteiger partial charge in [0.2, 0.25) is 0 Å². The number of H-pyrrole nitrogens is 1. The molecule has 1 heterocycles. The van der Waals surface area contributed by atoms with Crippen LogP contribution in [0, 0.1) is 11.3 Å². The Morgan fingerprint density at radius 1 is 1.53 bits per heavy atom. The highest BCUT2D eigenvalue weighted by atomic mass is 32.2. The first-order valence-electron chi connectivity index (χ1n) is 5.59. The number of aromatic amines is 1. The topological polar surface area (TPSA) is 77.9 Å². The van der Waals surface area contributed by atoms with Gasteiger partial charge in [0.05, 0.1) is 24.6 Å². The van der Waals surface area contributed by atoms with Gasteiger partial charge >= 0.3 is 0 Å². The van der Waals surface area contributed by atoms with E-state index < -0.39 is 0 Å². The molecule has 0 saturated heterocycles. The lowest BCUT2D eigenvalue weighted by atomic mass is 10.2. The normalized spacial score (nSPS) is 10.2. The first-order chi connectivity index (χ1) is 9.19. The number of anilines is 1. The van der Waals surface area contributed by atoms with Crippen molar-refractivity contribution in [2.45, 2.75) is 6.42 Å². The fourth-order valence-electron chi connectivity index (χ4n) is 1.84. The summed E-state index contributed by atoms with van der Waals surface area (Å²) in [5, 5.41) is 9.45. The lowest BCUT2D eigenvalue weighted by Gasteiger charge is -2.08. The lowest BCUT2D eigenvalue weighted by molar-refractivity contribution is 0.0994. The molecule has 6 heteroatoms. The van der Waals surface area contributed by atoms with Crippen LogP contribution in [0.3, 0.4) is 0 Å². The van der Waals surface area contributed by atoms with E-state index in [2.05, 4.69) is 9.71 Å². The highest BCUT2D eigenvalue weighted by Crippen LogP contribution is 2.32. The molecule has 98 valence electrons. The van der Waals surface area contributed by atoms with E-state index in [9.17, 15) is 4.79 Å². The Hall–Kier alpha value is -2.13. The summed E-state index contributed by atoms with van der Waals surface area (Å²) in [4.78, 5) is 14.7. The molecule has 0 radical (unpaired) electrons. The maximum absolute atomic E-state index is 11.7. The van der Waals surface area contributed by atoms with E-state index in [1.807, 2.05) is 24.5 Å². The summed E-state index contributed by atoms with van der Waals surface area (Å²) in [6, 6.07) is 7.34. The van der Waals surface area contributed by atoms with Crippen LogP contribution in [0.15, 0.2) is 18.2 Å². The molecule has 0 amide bonds. The molecule has 0 aliphatic heterocycles. The number of rotatable bonds is 5. The Labute approximate surface area is 115 Å². The Balaban J connectivity index is 2.48. The van der Waals surface area contributed by atoms with Gasteiger partial charge in [-0.05, 0) is 12.1 Å². The number of carbonyl (C=O) groups is 1. The number of hydrogen-bond donors (Lipinski definition) is 2. The van der Waals surface area contributed by atoms with Gasteiger partial charge in [0.25, 0.3) is 0 Å². The Morgan fingerprint density at radius 2 is 2.32 bits per heavy atom. The van der Waals surface area contributed by atoms with Crippen LogP contribution in [0.1, 0.15) is 16.9 Å². The van der Waals surface area contributed by atoms with Gasteiger partial charge in [0.1, 0.15) is 12.2 Å². The van der Waals surface area contributed by atoms with Crippen molar-refractivity contribution in [3.8, 4) is 11.8 Å². The summed E-state index contributed by atoms with van der Waals surface area (Å²) < 4.78 is 8.41. The number of ketones is 1. The van der Waals surface area contributed by atoms with Gasteiger partial charge < -0.3 is 14.4 Å². The zero-order chi connectivity index (χ0) is 13.8. The maximum atomic E-state index is 11.7. The minimum Gasteiger partial charge on any atom is -0.494 e. The maximum Gasteiger partial charge on any atom is 0.193 e. The van der Waals surface area contributed by atoms with E-state index in [-0.39, 0.29) is 12.2 Å². The summed E-state index contributed by atoms with van der Waals surface area (Å²) >= 11 is 1.46. The molecule has 2 rings (SSSR count). The van der Waals surface area contributed by atoms with Crippen molar-refractivity contribution in [2.24, 2.45) is 0 Å². The van der Waals surface area contributed by atoms with E-state index in [0.29, 0.717) is 11.4 Å². The predicted molar refractivity (Wildman–Crippen MR) is 76.5 cm³/mol. The van der Waals surface area contributed by atoms with Crippen LogP contribution in [0.4, 0.5) is 5.69 Å². The number of fused-ring (bicyclic) bond motifs is 1. The lowest BCUT2D eigenvalue weighted by Crippen LogP contribution is -1.96. The number of methoxy groups -OCH3 is 1. The smallest absolute Gasteiger partial charge is 0.193 e. The number of hydrogen-bond acceptors (Lipinski definition) is 5. The van der Waals surface area contributed by atoms with Gasteiger partial charge in [-0.2, -0.15) is 5.26 Å². The molecule has 19 heavy (non-hydrogen) atoms. The minimum absolute atomic E-state index is 0.125. The molecule has 0 aliphatic carbocycles. The fourth-order valence-corrected chi connectivity index (χ4v) is 2.22. The number of benzene rings is 1. The van der Waals surface area contributed by atoms with Crippen molar-refractivity contribution in [1.29, 1.82) is 5.26 Å². The monoisotopic (exact) mass is 275 g/mol. The van der Waals surface area contributed by atoms with Gasteiger partial charge in [-0.25, -0.2) is 0 Å².